The lowest BCUT2D eigenvalue weighted by atomic mass is 9.88. The Balaban J connectivity index is 2.09. The SMILES string of the molecule is C=C1C(=O)O[C@H]2C/C(C=O)=C\CC/C(COC(=O)CC(C)C)=C\C[C@H]12. The second kappa shape index (κ2) is 8.79. The molecule has 0 unspecified atom stereocenters. The molecule has 0 aromatic carbocycles. The Morgan fingerprint density at radius 2 is 2.20 bits per heavy atom. The molecule has 0 bridgehead atoms. The number of carbonyl (C=O) groups is 3. The number of rotatable bonds is 5. The van der Waals surface area contributed by atoms with Gasteiger partial charge in [-0.25, -0.2) is 4.79 Å². The zero-order valence-electron chi connectivity index (χ0n) is 15.0. The van der Waals surface area contributed by atoms with Gasteiger partial charge in [0.1, 0.15) is 19.0 Å². The van der Waals surface area contributed by atoms with Crippen molar-refractivity contribution >= 4 is 18.2 Å². The molecule has 0 aromatic heterocycles. The molecule has 5 heteroatoms. The summed E-state index contributed by atoms with van der Waals surface area (Å²) in [5.74, 6) is -0.485. The fourth-order valence-electron chi connectivity index (χ4n) is 3.10. The van der Waals surface area contributed by atoms with E-state index in [4.69, 9.17) is 9.47 Å². The quantitative estimate of drug-likeness (QED) is 0.331. The minimum Gasteiger partial charge on any atom is -0.461 e. The van der Waals surface area contributed by atoms with Crippen molar-refractivity contribution in [3.63, 3.8) is 0 Å². The first kappa shape index (κ1) is 19.2. The summed E-state index contributed by atoms with van der Waals surface area (Å²) in [5.41, 5.74) is 2.07. The van der Waals surface area contributed by atoms with E-state index in [1.54, 1.807) is 0 Å². The first-order valence-electron chi connectivity index (χ1n) is 8.78. The summed E-state index contributed by atoms with van der Waals surface area (Å²) in [6, 6.07) is 0. The molecular formula is C20H26O5. The minimum absolute atomic E-state index is 0.143. The van der Waals surface area contributed by atoms with Crippen LogP contribution < -0.4 is 0 Å². The predicted molar refractivity (Wildman–Crippen MR) is 93.6 cm³/mol. The van der Waals surface area contributed by atoms with E-state index in [9.17, 15) is 14.4 Å². The van der Waals surface area contributed by atoms with E-state index in [1.165, 1.54) is 0 Å². The first-order chi connectivity index (χ1) is 11.9. The summed E-state index contributed by atoms with van der Waals surface area (Å²) in [6.45, 7) is 8.02. The zero-order valence-corrected chi connectivity index (χ0v) is 15.0. The van der Waals surface area contributed by atoms with Crippen molar-refractivity contribution in [1.82, 2.24) is 0 Å². The Morgan fingerprint density at radius 3 is 2.88 bits per heavy atom. The van der Waals surface area contributed by atoms with Crippen LogP contribution in [0.4, 0.5) is 0 Å². The van der Waals surface area contributed by atoms with Crippen molar-refractivity contribution in [1.29, 1.82) is 0 Å². The highest BCUT2D eigenvalue weighted by Gasteiger charge is 2.38. The fraction of sp³-hybridized carbons (Fsp3) is 0.550. The number of fused-ring (bicyclic) bond motifs is 1. The Hall–Kier alpha value is -2.17. The number of hydrogen-bond acceptors (Lipinski definition) is 5. The lowest BCUT2D eigenvalue weighted by Gasteiger charge is -2.18. The van der Waals surface area contributed by atoms with Crippen LogP contribution in [0.5, 0.6) is 0 Å². The van der Waals surface area contributed by atoms with Crippen LogP contribution in [-0.4, -0.2) is 30.9 Å². The summed E-state index contributed by atoms with van der Waals surface area (Å²) in [7, 11) is 0. The maximum atomic E-state index is 11.8. The summed E-state index contributed by atoms with van der Waals surface area (Å²) >= 11 is 0. The van der Waals surface area contributed by atoms with Crippen molar-refractivity contribution < 1.29 is 23.9 Å². The highest BCUT2D eigenvalue weighted by atomic mass is 16.6. The largest absolute Gasteiger partial charge is 0.461 e. The van der Waals surface area contributed by atoms with E-state index in [0.717, 1.165) is 11.9 Å². The number of allylic oxidation sites excluding steroid dienone is 2. The van der Waals surface area contributed by atoms with Gasteiger partial charge in [-0.1, -0.05) is 32.6 Å². The van der Waals surface area contributed by atoms with E-state index in [0.29, 0.717) is 43.3 Å². The van der Waals surface area contributed by atoms with Crippen molar-refractivity contribution in [2.75, 3.05) is 6.61 Å². The molecule has 5 nitrogen and oxygen atoms in total. The molecular weight excluding hydrogens is 320 g/mol. The molecule has 0 amide bonds. The lowest BCUT2D eigenvalue weighted by Crippen LogP contribution is -2.18. The van der Waals surface area contributed by atoms with Crippen LogP contribution in [0.3, 0.4) is 0 Å². The third kappa shape index (κ3) is 5.41. The maximum Gasteiger partial charge on any atom is 0.334 e. The van der Waals surface area contributed by atoms with E-state index < -0.39 is 5.97 Å². The van der Waals surface area contributed by atoms with Gasteiger partial charge in [-0.05, 0) is 36.3 Å². The van der Waals surface area contributed by atoms with E-state index in [-0.39, 0.29) is 30.5 Å². The molecule has 2 rings (SSSR count). The summed E-state index contributed by atoms with van der Waals surface area (Å²) in [5, 5.41) is 0. The number of esters is 2. The van der Waals surface area contributed by atoms with Gasteiger partial charge in [0.15, 0.2) is 0 Å². The molecule has 2 atom stereocenters. The van der Waals surface area contributed by atoms with E-state index in [1.807, 2.05) is 26.0 Å². The summed E-state index contributed by atoms with van der Waals surface area (Å²) in [6.07, 6.45) is 7.17. The van der Waals surface area contributed by atoms with Gasteiger partial charge >= 0.3 is 11.9 Å². The van der Waals surface area contributed by atoms with Gasteiger partial charge in [0, 0.05) is 24.3 Å². The number of ether oxygens (including phenoxy) is 2. The van der Waals surface area contributed by atoms with Gasteiger partial charge in [0.05, 0.1) is 0 Å². The topological polar surface area (TPSA) is 69.7 Å². The molecule has 2 aliphatic rings. The van der Waals surface area contributed by atoms with Crippen LogP contribution in [0.1, 0.15) is 46.0 Å². The normalized spacial score (nSPS) is 28.3. The molecule has 1 aliphatic carbocycles. The molecule has 1 heterocycles. The molecule has 0 N–H and O–H groups in total. The molecule has 136 valence electrons. The minimum atomic E-state index is -0.391. The average Bonchev–Trinajstić information content (AvgIpc) is 2.82. The van der Waals surface area contributed by atoms with Crippen molar-refractivity contribution in [2.45, 2.75) is 52.1 Å². The summed E-state index contributed by atoms with van der Waals surface area (Å²) < 4.78 is 10.7. The molecule has 1 saturated heterocycles. The van der Waals surface area contributed by atoms with Gasteiger partial charge in [0.2, 0.25) is 0 Å². The number of aldehydes is 1. The smallest absolute Gasteiger partial charge is 0.334 e. The van der Waals surface area contributed by atoms with Crippen molar-refractivity contribution in [3.8, 4) is 0 Å². The van der Waals surface area contributed by atoms with E-state index in [2.05, 4.69) is 6.58 Å². The first-order valence-corrected chi connectivity index (χ1v) is 8.78. The Kier molecular flexibility index (Phi) is 6.73. The Morgan fingerprint density at radius 1 is 1.44 bits per heavy atom. The third-order valence-electron chi connectivity index (χ3n) is 4.53. The maximum absolute atomic E-state index is 11.8. The van der Waals surface area contributed by atoms with Crippen LogP contribution in [-0.2, 0) is 23.9 Å². The van der Waals surface area contributed by atoms with Crippen LogP contribution in [0.2, 0.25) is 0 Å². The zero-order chi connectivity index (χ0) is 18.4. The van der Waals surface area contributed by atoms with Crippen LogP contribution in [0, 0.1) is 11.8 Å². The van der Waals surface area contributed by atoms with E-state index >= 15 is 0 Å². The van der Waals surface area contributed by atoms with Crippen LogP contribution in [0.15, 0.2) is 35.5 Å². The highest BCUT2D eigenvalue weighted by molar-refractivity contribution is 5.91. The molecule has 25 heavy (non-hydrogen) atoms. The third-order valence-corrected chi connectivity index (χ3v) is 4.53. The number of carbonyl (C=O) groups excluding carboxylic acids is 3. The molecule has 0 aromatic rings. The van der Waals surface area contributed by atoms with Crippen molar-refractivity contribution in [3.05, 3.63) is 35.5 Å². The standard InChI is InChI=1S/C20H26O5/c1-13(2)9-19(22)24-12-15-5-4-6-16(11-21)10-18-17(8-7-15)14(3)20(23)25-18/h6-7,11,13,17-18H,3-5,8-10,12H2,1-2H3/b15-7+,16-6+/t17-,18+/m1/s1. The van der Waals surface area contributed by atoms with Gasteiger partial charge in [-0.3, -0.25) is 9.59 Å². The van der Waals surface area contributed by atoms with Crippen LogP contribution in [0.25, 0.3) is 0 Å². The lowest BCUT2D eigenvalue weighted by molar-refractivity contribution is -0.143. The second-order valence-electron chi connectivity index (χ2n) is 7.07. The van der Waals surface area contributed by atoms with Gasteiger partial charge in [-0.15, -0.1) is 0 Å². The highest BCUT2D eigenvalue weighted by Crippen LogP contribution is 2.34. The second-order valence-corrected chi connectivity index (χ2v) is 7.07. The number of hydrogen-bond donors (Lipinski definition) is 0. The molecule has 0 radical (unpaired) electrons. The monoisotopic (exact) mass is 346 g/mol. The Labute approximate surface area is 148 Å². The van der Waals surface area contributed by atoms with Crippen molar-refractivity contribution in [2.24, 2.45) is 11.8 Å². The predicted octanol–water partition coefficient (Wildman–Crippen LogP) is 3.30. The molecule has 1 aliphatic heterocycles. The molecule has 0 spiro atoms. The van der Waals surface area contributed by atoms with Gasteiger partial charge in [-0.2, -0.15) is 0 Å². The fourth-order valence-corrected chi connectivity index (χ4v) is 3.10. The molecule has 1 fully saturated rings. The van der Waals surface area contributed by atoms with Crippen LogP contribution >= 0.6 is 0 Å². The molecule has 0 saturated carbocycles. The average molecular weight is 346 g/mol. The summed E-state index contributed by atoms with van der Waals surface area (Å²) in [4.78, 5) is 34.8. The van der Waals surface area contributed by atoms with Gasteiger partial charge in [0.25, 0.3) is 0 Å². The van der Waals surface area contributed by atoms with Gasteiger partial charge < -0.3 is 9.47 Å². The Bertz CT molecular complexity index is 612.